The van der Waals surface area contributed by atoms with Gasteiger partial charge in [-0.15, -0.1) is 0 Å². The Hall–Kier alpha value is -1.18. The summed E-state index contributed by atoms with van der Waals surface area (Å²) in [5, 5.41) is 0. The van der Waals surface area contributed by atoms with Crippen LogP contribution in [-0.2, 0) is 26.1 Å². The number of sulfonamides is 1. The Morgan fingerprint density at radius 3 is 2.84 bits per heavy atom. The van der Waals surface area contributed by atoms with Crippen molar-refractivity contribution in [3.05, 3.63) is 41.5 Å². The molecule has 19 heavy (non-hydrogen) atoms. The van der Waals surface area contributed by atoms with Crippen LogP contribution in [0, 0.1) is 0 Å². The number of hydrogen-bond acceptors (Lipinski definition) is 4. The number of halogens is 1. The van der Waals surface area contributed by atoms with E-state index in [1.807, 2.05) is 6.07 Å². The molecule has 0 bridgehead atoms. The molecule has 0 aliphatic heterocycles. The van der Waals surface area contributed by atoms with E-state index in [-0.39, 0.29) is 11.2 Å². The van der Waals surface area contributed by atoms with Crippen LogP contribution in [0.2, 0.25) is 0 Å². The maximum atomic E-state index is 11.3. The van der Waals surface area contributed by atoms with E-state index in [4.69, 9.17) is 0 Å². The highest BCUT2D eigenvalue weighted by atomic mass is 79.9. The van der Waals surface area contributed by atoms with E-state index >= 15 is 0 Å². The molecule has 0 aromatic heterocycles. The van der Waals surface area contributed by atoms with Crippen molar-refractivity contribution in [2.75, 3.05) is 11.8 Å². The standard InChI is InChI=1S/C12H14BrNO4S/c1-18-12(15)6-5-10-3-2-4-11(7-10)8-14-19(16,17)9-13/h2-7,14H,8-9H2,1H3. The van der Waals surface area contributed by atoms with Crippen LogP contribution in [0.1, 0.15) is 11.1 Å². The molecule has 1 aromatic rings. The monoisotopic (exact) mass is 347 g/mol. The lowest BCUT2D eigenvalue weighted by Crippen LogP contribution is -2.23. The van der Waals surface area contributed by atoms with Crippen LogP contribution in [0.3, 0.4) is 0 Å². The summed E-state index contributed by atoms with van der Waals surface area (Å²) in [6.45, 7) is 0.202. The minimum absolute atomic E-state index is 0.137. The maximum absolute atomic E-state index is 11.3. The van der Waals surface area contributed by atoms with Gasteiger partial charge in [-0.05, 0) is 17.2 Å². The number of alkyl halides is 1. The molecule has 0 saturated carbocycles. The van der Waals surface area contributed by atoms with Crippen LogP contribution in [0.15, 0.2) is 30.3 Å². The quantitative estimate of drug-likeness (QED) is 0.482. The first-order valence-electron chi connectivity index (χ1n) is 5.35. The summed E-state index contributed by atoms with van der Waals surface area (Å²) in [6, 6.07) is 7.18. The predicted molar refractivity (Wildman–Crippen MR) is 77.0 cm³/mol. The summed E-state index contributed by atoms with van der Waals surface area (Å²) in [4.78, 5) is 11.0. The number of benzene rings is 1. The summed E-state index contributed by atoms with van der Waals surface area (Å²) >= 11 is 2.89. The van der Waals surface area contributed by atoms with Gasteiger partial charge >= 0.3 is 5.97 Å². The normalized spacial score (nSPS) is 11.7. The minimum Gasteiger partial charge on any atom is -0.466 e. The Balaban J connectivity index is 2.72. The highest BCUT2D eigenvalue weighted by molar-refractivity contribution is 9.10. The van der Waals surface area contributed by atoms with E-state index < -0.39 is 16.0 Å². The van der Waals surface area contributed by atoms with E-state index in [2.05, 4.69) is 25.4 Å². The van der Waals surface area contributed by atoms with Gasteiger partial charge in [-0.25, -0.2) is 17.9 Å². The first kappa shape index (κ1) is 15.9. The molecule has 1 aromatic carbocycles. The third-order valence-corrected chi connectivity index (χ3v) is 4.88. The van der Waals surface area contributed by atoms with Gasteiger partial charge in [0.05, 0.1) is 7.11 Å². The van der Waals surface area contributed by atoms with Crippen LogP contribution < -0.4 is 4.72 Å². The fraction of sp³-hybridized carbons (Fsp3) is 0.250. The molecule has 7 heteroatoms. The SMILES string of the molecule is COC(=O)C=Cc1cccc(CNS(=O)(=O)CBr)c1. The summed E-state index contributed by atoms with van der Waals surface area (Å²) in [5.41, 5.74) is 1.59. The van der Waals surface area contributed by atoms with Crippen molar-refractivity contribution in [3.8, 4) is 0 Å². The van der Waals surface area contributed by atoms with E-state index in [0.29, 0.717) is 0 Å². The molecule has 1 N–H and O–H groups in total. The number of methoxy groups -OCH3 is 1. The summed E-state index contributed by atoms with van der Waals surface area (Å²) in [7, 11) is -1.98. The van der Waals surface area contributed by atoms with Crippen molar-refractivity contribution >= 4 is 38.0 Å². The minimum atomic E-state index is -3.29. The molecule has 104 valence electrons. The first-order valence-corrected chi connectivity index (χ1v) is 8.12. The highest BCUT2D eigenvalue weighted by Gasteiger charge is 2.06. The van der Waals surface area contributed by atoms with Gasteiger partial charge < -0.3 is 4.74 Å². The number of ether oxygens (including phenoxy) is 1. The van der Waals surface area contributed by atoms with E-state index in [1.165, 1.54) is 13.2 Å². The van der Waals surface area contributed by atoms with E-state index in [1.54, 1.807) is 24.3 Å². The van der Waals surface area contributed by atoms with Crippen LogP contribution in [0.4, 0.5) is 0 Å². The Morgan fingerprint density at radius 1 is 1.47 bits per heavy atom. The van der Waals surface area contributed by atoms with Gasteiger partial charge in [-0.2, -0.15) is 0 Å². The molecular weight excluding hydrogens is 334 g/mol. The molecule has 0 unspecified atom stereocenters. The number of carbonyl (C=O) groups is 1. The summed E-state index contributed by atoms with van der Waals surface area (Å²) in [5.74, 6) is -0.439. The summed E-state index contributed by atoms with van der Waals surface area (Å²) < 4.78 is 29.3. The molecule has 0 saturated heterocycles. The van der Waals surface area contributed by atoms with Crippen LogP contribution >= 0.6 is 15.9 Å². The van der Waals surface area contributed by atoms with Gasteiger partial charge in [0.2, 0.25) is 10.0 Å². The average Bonchev–Trinajstić information content (AvgIpc) is 2.43. The molecule has 0 fully saturated rings. The number of rotatable bonds is 6. The number of nitrogens with one attached hydrogen (secondary N) is 1. The molecule has 0 heterocycles. The van der Waals surface area contributed by atoms with Crippen LogP contribution in [-0.4, -0.2) is 26.2 Å². The maximum Gasteiger partial charge on any atom is 0.330 e. The molecule has 1 rings (SSSR count). The Kier molecular flexibility index (Phi) is 6.20. The first-order chi connectivity index (χ1) is 8.96. The van der Waals surface area contributed by atoms with E-state index in [9.17, 15) is 13.2 Å². The summed E-state index contributed by atoms with van der Waals surface area (Å²) in [6.07, 6.45) is 2.91. The number of hydrogen-bond donors (Lipinski definition) is 1. The van der Waals surface area contributed by atoms with Crippen molar-refractivity contribution in [3.63, 3.8) is 0 Å². The Labute approximate surface area is 120 Å². The van der Waals surface area contributed by atoms with Gasteiger partial charge in [0.15, 0.2) is 0 Å². The topological polar surface area (TPSA) is 72.5 Å². The lowest BCUT2D eigenvalue weighted by Gasteiger charge is -2.04. The van der Waals surface area contributed by atoms with Gasteiger partial charge in [-0.1, -0.05) is 40.2 Å². The zero-order valence-electron chi connectivity index (χ0n) is 10.3. The lowest BCUT2D eigenvalue weighted by atomic mass is 10.1. The zero-order valence-corrected chi connectivity index (χ0v) is 12.7. The Bertz CT molecular complexity index is 569. The van der Waals surface area contributed by atoms with Gasteiger partial charge in [0, 0.05) is 12.6 Å². The second-order valence-electron chi connectivity index (χ2n) is 3.65. The second kappa shape index (κ2) is 7.42. The molecule has 0 amide bonds. The molecule has 0 atom stereocenters. The predicted octanol–water partition coefficient (Wildman–Crippen LogP) is 1.64. The average molecular weight is 348 g/mol. The van der Waals surface area contributed by atoms with Crippen molar-refractivity contribution in [1.82, 2.24) is 4.72 Å². The van der Waals surface area contributed by atoms with Gasteiger partial charge in [-0.3, -0.25) is 0 Å². The smallest absolute Gasteiger partial charge is 0.330 e. The van der Waals surface area contributed by atoms with E-state index in [0.717, 1.165) is 11.1 Å². The van der Waals surface area contributed by atoms with Crippen molar-refractivity contribution in [1.29, 1.82) is 0 Å². The number of esters is 1. The zero-order chi connectivity index (χ0) is 14.3. The highest BCUT2D eigenvalue weighted by Crippen LogP contribution is 2.08. The molecular formula is C12H14BrNO4S. The number of carbonyl (C=O) groups excluding carboxylic acids is 1. The molecule has 5 nitrogen and oxygen atoms in total. The van der Waals surface area contributed by atoms with Crippen LogP contribution in [0.25, 0.3) is 6.08 Å². The molecule has 0 aliphatic carbocycles. The molecule has 0 spiro atoms. The van der Waals surface area contributed by atoms with Gasteiger partial charge in [0.25, 0.3) is 0 Å². The van der Waals surface area contributed by atoms with Crippen molar-refractivity contribution in [2.24, 2.45) is 0 Å². The third kappa shape index (κ3) is 6.00. The van der Waals surface area contributed by atoms with Crippen molar-refractivity contribution in [2.45, 2.75) is 6.54 Å². The Morgan fingerprint density at radius 2 is 2.21 bits per heavy atom. The molecule has 0 aliphatic rings. The van der Waals surface area contributed by atoms with Crippen LogP contribution in [0.5, 0.6) is 0 Å². The van der Waals surface area contributed by atoms with Gasteiger partial charge in [0.1, 0.15) is 4.66 Å². The third-order valence-electron chi connectivity index (χ3n) is 2.20. The fourth-order valence-electron chi connectivity index (χ4n) is 1.27. The van der Waals surface area contributed by atoms with Crippen molar-refractivity contribution < 1.29 is 17.9 Å². The fourth-order valence-corrected chi connectivity index (χ4v) is 2.22. The largest absolute Gasteiger partial charge is 0.466 e. The lowest BCUT2D eigenvalue weighted by molar-refractivity contribution is -0.134. The second-order valence-corrected chi connectivity index (χ2v) is 6.76. The molecule has 0 radical (unpaired) electrons.